The highest BCUT2D eigenvalue weighted by atomic mass is 19.1. The molecule has 0 spiro atoms. The van der Waals surface area contributed by atoms with Gasteiger partial charge in [0.2, 0.25) is 5.88 Å². The lowest BCUT2D eigenvalue weighted by atomic mass is 10.0. The summed E-state index contributed by atoms with van der Waals surface area (Å²) in [6, 6.07) is 13.5. The highest BCUT2D eigenvalue weighted by Gasteiger charge is 2.22. The van der Waals surface area contributed by atoms with Crippen LogP contribution in [0.2, 0.25) is 0 Å². The first-order chi connectivity index (χ1) is 14.1. The molecule has 7 heteroatoms. The number of H-pyrrole nitrogens is 1. The summed E-state index contributed by atoms with van der Waals surface area (Å²) in [5.74, 6) is -0.500. The van der Waals surface area contributed by atoms with Gasteiger partial charge in [0.15, 0.2) is 0 Å². The van der Waals surface area contributed by atoms with E-state index in [0.717, 1.165) is 18.7 Å². The molecule has 0 aliphatic carbocycles. The predicted molar refractivity (Wildman–Crippen MR) is 110 cm³/mol. The van der Waals surface area contributed by atoms with E-state index in [1.165, 1.54) is 12.1 Å². The number of aromatic nitrogens is 1. The van der Waals surface area contributed by atoms with Crippen LogP contribution in [0.5, 0.6) is 5.88 Å². The molecule has 1 aliphatic heterocycles. The molecule has 2 N–H and O–H groups in total. The maximum Gasteiger partial charge on any atom is 0.258 e. The average Bonchev–Trinajstić information content (AvgIpc) is 2.74. The van der Waals surface area contributed by atoms with Crippen LogP contribution in [0.4, 0.5) is 4.39 Å². The zero-order valence-electron chi connectivity index (χ0n) is 15.8. The fourth-order valence-corrected chi connectivity index (χ4v) is 3.69. The van der Waals surface area contributed by atoms with E-state index in [1.54, 1.807) is 30.5 Å². The molecular weight excluding hydrogens is 373 g/mol. The summed E-state index contributed by atoms with van der Waals surface area (Å²) in [4.78, 5) is 21.3. The second-order valence-corrected chi connectivity index (χ2v) is 6.98. The number of hydrogen-bond acceptors (Lipinski definition) is 5. The van der Waals surface area contributed by atoms with Crippen LogP contribution in [-0.2, 0) is 4.74 Å². The molecule has 0 amide bonds. The second-order valence-electron chi connectivity index (χ2n) is 6.98. The van der Waals surface area contributed by atoms with Gasteiger partial charge in [0.1, 0.15) is 5.82 Å². The van der Waals surface area contributed by atoms with Crippen molar-refractivity contribution in [3.8, 4) is 5.88 Å². The van der Waals surface area contributed by atoms with Crippen LogP contribution in [0, 0.1) is 5.82 Å². The van der Waals surface area contributed by atoms with Gasteiger partial charge in [-0.15, -0.1) is 0 Å². The molecule has 1 saturated heterocycles. The number of ether oxygens (including phenoxy) is 1. The highest BCUT2D eigenvalue weighted by Crippen LogP contribution is 2.24. The topological polar surface area (TPSA) is 77.9 Å². The number of benzene rings is 2. The van der Waals surface area contributed by atoms with Crippen LogP contribution < -0.4 is 5.56 Å². The predicted octanol–water partition coefficient (Wildman–Crippen LogP) is 2.87. The number of halogens is 1. The standard InChI is InChI=1S/C22H22FN3O3/c23-16-5-3-4-15(12-16)20(26-8-10-29-11-9-26)14-24-13-19-17-6-1-2-7-18(17)21(27)25-22(19)28/h1-7,12-13,20H,8-11,14H2,(H2,25,27,28). The van der Waals surface area contributed by atoms with Gasteiger partial charge in [-0.2, -0.15) is 0 Å². The Labute approximate surface area is 167 Å². The molecule has 150 valence electrons. The number of aromatic hydroxyl groups is 1. The van der Waals surface area contributed by atoms with Gasteiger partial charge in [-0.3, -0.25) is 19.7 Å². The van der Waals surface area contributed by atoms with Crippen LogP contribution in [0.1, 0.15) is 17.2 Å². The maximum atomic E-state index is 13.8. The lowest BCUT2D eigenvalue weighted by molar-refractivity contribution is 0.0179. The van der Waals surface area contributed by atoms with Gasteiger partial charge in [-0.05, 0) is 23.8 Å². The normalized spacial score (nSPS) is 16.4. The average molecular weight is 395 g/mol. The Bertz CT molecular complexity index is 1090. The monoisotopic (exact) mass is 395 g/mol. The molecule has 0 bridgehead atoms. The lowest BCUT2D eigenvalue weighted by Gasteiger charge is -2.34. The van der Waals surface area contributed by atoms with Crippen LogP contribution in [0.3, 0.4) is 0 Å². The molecular formula is C22H22FN3O3. The molecule has 1 aliphatic rings. The smallest absolute Gasteiger partial charge is 0.258 e. The minimum atomic E-state index is -0.346. The number of aliphatic imine (C=N–C) groups is 1. The SMILES string of the molecule is O=c1[nH]c(O)c(C=NCC(c2cccc(F)c2)N2CCOCC2)c2ccccc12. The van der Waals surface area contributed by atoms with Gasteiger partial charge >= 0.3 is 0 Å². The first-order valence-electron chi connectivity index (χ1n) is 9.54. The van der Waals surface area contributed by atoms with Crippen LogP contribution in [0.15, 0.2) is 58.3 Å². The highest BCUT2D eigenvalue weighted by molar-refractivity contribution is 6.01. The number of pyridine rings is 1. The number of morpholine rings is 1. The van der Waals surface area contributed by atoms with E-state index in [2.05, 4.69) is 14.9 Å². The lowest BCUT2D eigenvalue weighted by Crippen LogP contribution is -2.40. The second kappa shape index (κ2) is 8.55. The number of rotatable bonds is 5. The number of hydrogen-bond donors (Lipinski definition) is 2. The third-order valence-electron chi connectivity index (χ3n) is 5.17. The maximum absolute atomic E-state index is 13.8. The molecule has 6 nitrogen and oxygen atoms in total. The summed E-state index contributed by atoms with van der Waals surface area (Å²) in [6.45, 7) is 3.12. The van der Waals surface area contributed by atoms with E-state index in [0.29, 0.717) is 36.1 Å². The van der Waals surface area contributed by atoms with Gasteiger partial charge < -0.3 is 9.84 Å². The van der Waals surface area contributed by atoms with E-state index in [-0.39, 0.29) is 23.3 Å². The fourth-order valence-electron chi connectivity index (χ4n) is 3.69. The Kier molecular flexibility index (Phi) is 5.69. The van der Waals surface area contributed by atoms with Gasteiger partial charge in [0.05, 0.1) is 31.4 Å². The molecule has 1 aromatic heterocycles. The van der Waals surface area contributed by atoms with E-state index >= 15 is 0 Å². The number of fused-ring (bicyclic) bond motifs is 1. The summed E-state index contributed by atoms with van der Waals surface area (Å²) in [7, 11) is 0. The number of aromatic amines is 1. The van der Waals surface area contributed by atoms with Gasteiger partial charge in [-0.1, -0.05) is 30.3 Å². The minimum absolute atomic E-state index is 0.109. The van der Waals surface area contributed by atoms with E-state index < -0.39 is 0 Å². The summed E-state index contributed by atoms with van der Waals surface area (Å²) < 4.78 is 19.2. The van der Waals surface area contributed by atoms with E-state index in [1.807, 2.05) is 12.1 Å². The third kappa shape index (κ3) is 4.21. The Morgan fingerprint density at radius 3 is 2.69 bits per heavy atom. The van der Waals surface area contributed by atoms with Gasteiger partial charge in [0.25, 0.3) is 5.56 Å². The zero-order chi connectivity index (χ0) is 20.2. The van der Waals surface area contributed by atoms with Crippen molar-refractivity contribution in [2.75, 3.05) is 32.8 Å². The van der Waals surface area contributed by atoms with Crippen molar-refractivity contribution in [3.63, 3.8) is 0 Å². The molecule has 29 heavy (non-hydrogen) atoms. The largest absolute Gasteiger partial charge is 0.494 e. The molecule has 1 unspecified atom stereocenters. The summed E-state index contributed by atoms with van der Waals surface area (Å²) in [6.07, 6.45) is 1.57. The molecule has 4 rings (SSSR count). The zero-order valence-corrected chi connectivity index (χ0v) is 15.8. The fraction of sp³-hybridized carbons (Fsp3) is 0.273. The first-order valence-corrected chi connectivity index (χ1v) is 9.54. The summed E-state index contributed by atoms with van der Waals surface area (Å²) >= 11 is 0. The summed E-state index contributed by atoms with van der Waals surface area (Å²) in [5.41, 5.74) is 0.959. The third-order valence-corrected chi connectivity index (χ3v) is 5.17. The van der Waals surface area contributed by atoms with Gasteiger partial charge in [-0.25, -0.2) is 4.39 Å². The first kappa shape index (κ1) is 19.3. The molecule has 2 heterocycles. The molecule has 0 saturated carbocycles. The summed E-state index contributed by atoms with van der Waals surface area (Å²) in [5, 5.41) is 11.4. The Hall–Kier alpha value is -3.03. The minimum Gasteiger partial charge on any atom is -0.494 e. The van der Waals surface area contributed by atoms with Crippen molar-refractivity contribution in [1.29, 1.82) is 0 Å². The Morgan fingerprint density at radius 1 is 1.17 bits per heavy atom. The molecule has 3 aromatic rings. The van der Waals surface area contributed by atoms with E-state index in [4.69, 9.17) is 4.74 Å². The molecule has 1 fully saturated rings. The van der Waals surface area contributed by atoms with Crippen molar-refractivity contribution in [2.24, 2.45) is 4.99 Å². The van der Waals surface area contributed by atoms with Crippen molar-refractivity contribution in [1.82, 2.24) is 9.88 Å². The Morgan fingerprint density at radius 2 is 1.93 bits per heavy atom. The quantitative estimate of drug-likeness (QED) is 0.652. The van der Waals surface area contributed by atoms with Crippen molar-refractivity contribution in [3.05, 3.63) is 75.8 Å². The number of nitrogens with one attached hydrogen (secondary N) is 1. The van der Waals surface area contributed by atoms with E-state index in [9.17, 15) is 14.3 Å². The van der Waals surface area contributed by atoms with Crippen molar-refractivity contribution in [2.45, 2.75) is 6.04 Å². The number of nitrogens with zero attached hydrogens (tertiary/aromatic N) is 2. The van der Waals surface area contributed by atoms with Crippen molar-refractivity contribution >= 4 is 17.0 Å². The molecule has 0 radical (unpaired) electrons. The van der Waals surface area contributed by atoms with Crippen molar-refractivity contribution < 1.29 is 14.2 Å². The Balaban J connectivity index is 1.65. The molecule has 2 aromatic carbocycles. The van der Waals surface area contributed by atoms with Crippen LogP contribution in [0.25, 0.3) is 10.8 Å². The van der Waals surface area contributed by atoms with Crippen LogP contribution >= 0.6 is 0 Å². The van der Waals surface area contributed by atoms with Crippen LogP contribution in [-0.4, -0.2) is 54.1 Å². The molecule has 1 atom stereocenters. The van der Waals surface area contributed by atoms with Gasteiger partial charge in [0, 0.05) is 30.1 Å².